The zero-order valence-corrected chi connectivity index (χ0v) is 15.0. The molecule has 0 saturated carbocycles. The predicted molar refractivity (Wildman–Crippen MR) is 95.6 cm³/mol. The monoisotopic (exact) mass is 362 g/mol. The number of thioether (sulfide) groups is 1. The van der Waals surface area contributed by atoms with E-state index in [1.54, 1.807) is 21.6 Å². The minimum absolute atomic E-state index is 0.0537. The van der Waals surface area contributed by atoms with E-state index in [1.165, 1.54) is 0 Å². The predicted octanol–water partition coefficient (Wildman–Crippen LogP) is 2.08. The summed E-state index contributed by atoms with van der Waals surface area (Å²) >= 11 is 1.64. The van der Waals surface area contributed by atoms with Crippen molar-refractivity contribution in [3.05, 3.63) is 24.3 Å². The van der Waals surface area contributed by atoms with Crippen LogP contribution in [0.5, 0.6) is 0 Å². The Morgan fingerprint density at radius 2 is 1.88 bits per heavy atom. The first kappa shape index (κ1) is 17.8. The fourth-order valence-corrected chi connectivity index (χ4v) is 3.93. The van der Waals surface area contributed by atoms with Gasteiger partial charge in [0.05, 0.1) is 11.8 Å². The van der Waals surface area contributed by atoms with Crippen LogP contribution in [-0.4, -0.2) is 53.7 Å². The average Bonchev–Trinajstić information content (AvgIpc) is 3.03. The molecule has 2 aliphatic rings. The number of hydrogen-bond donors (Lipinski definition) is 1. The Hall–Kier alpha value is -2.02. The molecule has 0 bridgehead atoms. The number of carboxylic acids is 1. The summed E-state index contributed by atoms with van der Waals surface area (Å²) in [5.41, 5.74) is 0.806. The second kappa shape index (κ2) is 7.47. The summed E-state index contributed by atoms with van der Waals surface area (Å²) < 4.78 is 0. The first-order valence-corrected chi connectivity index (χ1v) is 9.68. The van der Waals surface area contributed by atoms with Crippen molar-refractivity contribution >= 4 is 35.2 Å². The van der Waals surface area contributed by atoms with Crippen molar-refractivity contribution in [2.24, 2.45) is 11.8 Å². The number of nitrogens with zero attached hydrogens (tertiary/aromatic N) is 2. The molecule has 0 radical (unpaired) electrons. The fourth-order valence-electron chi connectivity index (χ4n) is 3.52. The minimum atomic E-state index is -0.851. The van der Waals surface area contributed by atoms with Crippen molar-refractivity contribution in [3.63, 3.8) is 0 Å². The molecule has 1 N–H and O–H groups in total. The van der Waals surface area contributed by atoms with Gasteiger partial charge in [-0.05, 0) is 43.4 Å². The van der Waals surface area contributed by atoms with Crippen LogP contribution in [0.1, 0.15) is 19.3 Å². The summed E-state index contributed by atoms with van der Waals surface area (Å²) in [7, 11) is 0. The Morgan fingerprint density at radius 3 is 2.52 bits per heavy atom. The number of piperidine rings is 1. The van der Waals surface area contributed by atoms with E-state index in [4.69, 9.17) is 0 Å². The molecule has 134 valence electrons. The molecule has 2 atom stereocenters. The Kier molecular flexibility index (Phi) is 5.32. The van der Waals surface area contributed by atoms with Crippen molar-refractivity contribution in [2.45, 2.75) is 24.2 Å². The average molecular weight is 362 g/mol. The largest absolute Gasteiger partial charge is 0.481 e. The lowest BCUT2D eigenvalue weighted by atomic mass is 9.96. The van der Waals surface area contributed by atoms with Crippen LogP contribution in [0.4, 0.5) is 5.69 Å². The van der Waals surface area contributed by atoms with Crippen LogP contribution in [0, 0.1) is 11.8 Å². The second-order valence-corrected chi connectivity index (χ2v) is 7.44. The van der Waals surface area contributed by atoms with Gasteiger partial charge in [-0.2, -0.15) is 0 Å². The number of rotatable bonds is 4. The molecule has 0 aliphatic carbocycles. The molecule has 0 spiro atoms. The van der Waals surface area contributed by atoms with E-state index in [1.807, 2.05) is 30.5 Å². The SMILES string of the molecule is CSc1ccc(N2CC(C(=O)N3CCCC(C(=O)O)C3)CC2=O)cc1. The normalized spacial score (nSPS) is 23.8. The molecule has 1 aromatic carbocycles. The van der Waals surface area contributed by atoms with Gasteiger partial charge in [-0.1, -0.05) is 0 Å². The van der Waals surface area contributed by atoms with E-state index in [0.717, 1.165) is 10.6 Å². The molecule has 1 aromatic rings. The summed E-state index contributed by atoms with van der Waals surface area (Å²) in [6.45, 7) is 1.20. The molecular weight excluding hydrogens is 340 g/mol. The topological polar surface area (TPSA) is 77.9 Å². The smallest absolute Gasteiger partial charge is 0.308 e. The Morgan fingerprint density at radius 1 is 1.16 bits per heavy atom. The zero-order valence-electron chi connectivity index (χ0n) is 14.2. The second-order valence-electron chi connectivity index (χ2n) is 6.57. The fraction of sp³-hybridized carbons (Fsp3) is 0.500. The maximum atomic E-state index is 12.7. The first-order chi connectivity index (χ1) is 12.0. The highest BCUT2D eigenvalue weighted by Crippen LogP contribution is 2.29. The van der Waals surface area contributed by atoms with Crippen molar-refractivity contribution in [1.29, 1.82) is 0 Å². The van der Waals surface area contributed by atoms with E-state index in [0.29, 0.717) is 25.9 Å². The van der Waals surface area contributed by atoms with Crippen LogP contribution >= 0.6 is 11.8 Å². The standard InChI is InChI=1S/C18H22N2O4S/c1-25-15-6-4-14(5-7-15)20-11-13(9-16(20)21)17(22)19-8-2-3-12(10-19)18(23)24/h4-7,12-13H,2-3,8-11H2,1H3,(H,23,24). The van der Waals surface area contributed by atoms with Crippen molar-refractivity contribution in [3.8, 4) is 0 Å². The van der Waals surface area contributed by atoms with Gasteiger partial charge in [-0.3, -0.25) is 14.4 Å². The maximum absolute atomic E-state index is 12.7. The van der Waals surface area contributed by atoms with Crippen LogP contribution in [0.3, 0.4) is 0 Å². The summed E-state index contributed by atoms with van der Waals surface area (Å²) in [5.74, 6) is -1.88. The van der Waals surface area contributed by atoms with Gasteiger partial charge in [-0.15, -0.1) is 11.8 Å². The molecule has 2 saturated heterocycles. The summed E-state index contributed by atoms with van der Waals surface area (Å²) in [4.78, 5) is 40.7. The van der Waals surface area contributed by atoms with E-state index in [2.05, 4.69) is 0 Å². The zero-order chi connectivity index (χ0) is 18.0. The number of carbonyl (C=O) groups excluding carboxylic acids is 2. The molecule has 2 fully saturated rings. The number of carbonyl (C=O) groups is 3. The number of anilines is 1. The van der Waals surface area contributed by atoms with Gasteiger partial charge in [0.1, 0.15) is 0 Å². The quantitative estimate of drug-likeness (QED) is 0.830. The molecule has 2 amide bonds. The van der Waals surface area contributed by atoms with Gasteiger partial charge >= 0.3 is 5.97 Å². The summed E-state index contributed by atoms with van der Waals surface area (Å²) in [5, 5.41) is 9.18. The maximum Gasteiger partial charge on any atom is 0.308 e. The molecule has 2 heterocycles. The molecule has 2 aliphatic heterocycles. The number of benzene rings is 1. The van der Waals surface area contributed by atoms with Crippen molar-refractivity contribution in [2.75, 3.05) is 30.8 Å². The van der Waals surface area contributed by atoms with E-state index >= 15 is 0 Å². The first-order valence-electron chi connectivity index (χ1n) is 8.45. The van der Waals surface area contributed by atoms with Crippen LogP contribution in [-0.2, 0) is 14.4 Å². The van der Waals surface area contributed by atoms with Gasteiger partial charge in [0.2, 0.25) is 11.8 Å². The van der Waals surface area contributed by atoms with Gasteiger partial charge < -0.3 is 14.9 Å². The molecule has 2 unspecified atom stereocenters. The minimum Gasteiger partial charge on any atom is -0.481 e. The summed E-state index contributed by atoms with van der Waals surface area (Å²) in [6.07, 6.45) is 3.49. The van der Waals surface area contributed by atoms with E-state index < -0.39 is 11.9 Å². The van der Waals surface area contributed by atoms with Crippen molar-refractivity contribution < 1.29 is 19.5 Å². The number of hydrogen-bond acceptors (Lipinski definition) is 4. The highest BCUT2D eigenvalue weighted by molar-refractivity contribution is 7.98. The lowest BCUT2D eigenvalue weighted by Crippen LogP contribution is -2.45. The van der Waals surface area contributed by atoms with Gasteiger partial charge in [-0.25, -0.2) is 0 Å². The highest BCUT2D eigenvalue weighted by atomic mass is 32.2. The Labute approximate surface area is 151 Å². The summed E-state index contributed by atoms with van der Waals surface area (Å²) in [6, 6.07) is 7.73. The van der Waals surface area contributed by atoms with Crippen LogP contribution in [0.25, 0.3) is 0 Å². The molecular formula is C18H22N2O4S. The molecule has 7 heteroatoms. The van der Waals surface area contributed by atoms with Gasteiger partial charge in [0.15, 0.2) is 0 Å². The number of aliphatic carboxylic acids is 1. The lowest BCUT2D eigenvalue weighted by molar-refractivity contribution is -0.146. The molecule has 3 rings (SSSR count). The van der Waals surface area contributed by atoms with E-state index in [-0.39, 0.29) is 30.7 Å². The number of likely N-dealkylation sites (tertiary alicyclic amines) is 1. The molecule has 0 aromatic heterocycles. The van der Waals surface area contributed by atoms with Crippen LogP contribution < -0.4 is 4.90 Å². The molecule has 6 nitrogen and oxygen atoms in total. The Balaban J connectivity index is 1.66. The van der Waals surface area contributed by atoms with Crippen LogP contribution in [0.15, 0.2) is 29.2 Å². The number of amides is 2. The third-order valence-electron chi connectivity index (χ3n) is 4.94. The third-order valence-corrected chi connectivity index (χ3v) is 5.68. The Bertz CT molecular complexity index is 676. The van der Waals surface area contributed by atoms with Crippen molar-refractivity contribution in [1.82, 2.24) is 4.90 Å². The molecule has 25 heavy (non-hydrogen) atoms. The third kappa shape index (κ3) is 3.81. The van der Waals surface area contributed by atoms with E-state index in [9.17, 15) is 19.5 Å². The van der Waals surface area contributed by atoms with Gasteiger partial charge in [0.25, 0.3) is 0 Å². The highest BCUT2D eigenvalue weighted by Gasteiger charge is 2.39. The van der Waals surface area contributed by atoms with Crippen LogP contribution in [0.2, 0.25) is 0 Å². The van der Waals surface area contributed by atoms with Gasteiger partial charge in [0, 0.05) is 36.6 Å². The number of carboxylic acid groups (broad SMARTS) is 1. The lowest BCUT2D eigenvalue weighted by Gasteiger charge is -2.32.